The second-order valence-electron chi connectivity index (χ2n) is 6.06. The molecule has 0 unspecified atom stereocenters. The smallest absolute Gasteiger partial charge is 0.225 e. The largest absolute Gasteiger partial charge is 0.493 e. The molecule has 140 valence electrons. The van der Waals surface area contributed by atoms with Gasteiger partial charge in [0.1, 0.15) is 5.82 Å². The standard InChI is InChI=1S/C21H23N3O3/c1-26-18-10-6-9-17(21(18)27-2)11-12-20(25)23-19-13-14-22-24(19)15-16-7-4-3-5-8-16/h3-10,13-14H,11-12,15H2,1-2H3,(H,23,25). The van der Waals surface area contributed by atoms with E-state index in [4.69, 9.17) is 9.47 Å². The number of aromatic nitrogens is 2. The maximum absolute atomic E-state index is 12.4. The van der Waals surface area contributed by atoms with E-state index in [0.29, 0.717) is 36.7 Å². The molecule has 0 atom stereocenters. The summed E-state index contributed by atoms with van der Waals surface area (Å²) in [5.74, 6) is 1.94. The quantitative estimate of drug-likeness (QED) is 0.663. The van der Waals surface area contributed by atoms with Gasteiger partial charge in [-0.1, -0.05) is 42.5 Å². The van der Waals surface area contributed by atoms with Crippen LogP contribution in [0.3, 0.4) is 0 Å². The van der Waals surface area contributed by atoms with E-state index in [0.717, 1.165) is 11.1 Å². The Bertz CT molecular complexity index is 891. The van der Waals surface area contributed by atoms with Crippen LogP contribution in [0.1, 0.15) is 17.5 Å². The van der Waals surface area contributed by atoms with Crippen molar-refractivity contribution in [2.45, 2.75) is 19.4 Å². The Balaban J connectivity index is 1.62. The molecule has 1 amide bonds. The van der Waals surface area contributed by atoms with Crippen molar-refractivity contribution in [3.8, 4) is 11.5 Å². The Morgan fingerprint density at radius 1 is 1.04 bits per heavy atom. The molecule has 27 heavy (non-hydrogen) atoms. The van der Waals surface area contributed by atoms with E-state index >= 15 is 0 Å². The molecule has 0 aliphatic heterocycles. The van der Waals surface area contributed by atoms with Crippen molar-refractivity contribution in [1.82, 2.24) is 9.78 Å². The second kappa shape index (κ2) is 8.89. The van der Waals surface area contributed by atoms with E-state index in [1.165, 1.54) is 0 Å². The molecule has 3 aromatic rings. The third-order valence-corrected chi connectivity index (χ3v) is 4.27. The highest BCUT2D eigenvalue weighted by Crippen LogP contribution is 2.31. The summed E-state index contributed by atoms with van der Waals surface area (Å²) in [6.07, 6.45) is 2.57. The van der Waals surface area contributed by atoms with Crippen LogP contribution in [0.4, 0.5) is 5.82 Å². The number of rotatable bonds is 8. The molecule has 1 aromatic heterocycles. The van der Waals surface area contributed by atoms with Crippen LogP contribution >= 0.6 is 0 Å². The highest BCUT2D eigenvalue weighted by atomic mass is 16.5. The molecule has 1 N–H and O–H groups in total. The molecular formula is C21H23N3O3. The maximum atomic E-state index is 12.4. The molecule has 0 bridgehead atoms. The van der Waals surface area contributed by atoms with Crippen LogP contribution < -0.4 is 14.8 Å². The highest BCUT2D eigenvalue weighted by molar-refractivity contribution is 5.90. The van der Waals surface area contributed by atoms with Crippen LogP contribution in [0.15, 0.2) is 60.8 Å². The summed E-state index contributed by atoms with van der Waals surface area (Å²) in [5.41, 5.74) is 2.06. The van der Waals surface area contributed by atoms with E-state index in [2.05, 4.69) is 10.4 Å². The average molecular weight is 365 g/mol. The number of nitrogens with one attached hydrogen (secondary N) is 1. The molecule has 0 radical (unpaired) electrons. The third kappa shape index (κ3) is 4.67. The first-order chi connectivity index (χ1) is 13.2. The molecule has 0 saturated carbocycles. The molecule has 6 nitrogen and oxygen atoms in total. The second-order valence-corrected chi connectivity index (χ2v) is 6.06. The zero-order valence-electron chi connectivity index (χ0n) is 15.5. The molecule has 3 rings (SSSR count). The lowest BCUT2D eigenvalue weighted by molar-refractivity contribution is -0.116. The van der Waals surface area contributed by atoms with Gasteiger partial charge in [-0.15, -0.1) is 0 Å². The minimum atomic E-state index is -0.0744. The van der Waals surface area contributed by atoms with Gasteiger partial charge in [0.15, 0.2) is 11.5 Å². The van der Waals surface area contributed by atoms with E-state index in [9.17, 15) is 4.79 Å². The van der Waals surface area contributed by atoms with Crippen molar-refractivity contribution in [3.05, 3.63) is 71.9 Å². The van der Waals surface area contributed by atoms with E-state index in [1.54, 1.807) is 31.2 Å². The number of anilines is 1. The number of hydrogen-bond donors (Lipinski definition) is 1. The van der Waals surface area contributed by atoms with Crippen molar-refractivity contribution >= 4 is 11.7 Å². The van der Waals surface area contributed by atoms with Gasteiger partial charge in [-0.3, -0.25) is 4.79 Å². The van der Waals surface area contributed by atoms with E-state index < -0.39 is 0 Å². The number of nitrogens with zero attached hydrogens (tertiary/aromatic N) is 2. The number of methoxy groups -OCH3 is 2. The Morgan fingerprint density at radius 2 is 1.85 bits per heavy atom. The minimum absolute atomic E-state index is 0.0744. The summed E-state index contributed by atoms with van der Waals surface area (Å²) < 4.78 is 12.5. The topological polar surface area (TPSA) is 65.4 Å². The fourth-order valence-electron chi connectivity index (χ4n) is 2.93. The Kier molecular flexibility index (Phi) is 6.10. The first-order valence-corrected chi connectivity index (χ1v) is 8.76. The van der Waals surface area contributed by atoms with E-state index in [1.807, 2.05) is 48.5 Å². The Labute approximate surface area is 158 Å². The van der Waals surface area contributed by atoms with Gasteiger partial charge in [-0.2, -0.15) is 5.10 Å². The van der Waals surface area contributed by atoms with E-state index in [-0.39, 0.29) is 5.91 Å². The predicted molar refractivity (Wildman–Crippen MR) is 104 cm³/mol. The lowest BCUT2D eigenvalue weighted by Gasteiger charge is -2.13. The summed E-state index contributed by atoms with van der Waals surface area (Å²) in [7, 11) is 3.20. The van der Waals surface area contributed by atoms with Crippen LogP contribution in [0.2, 0.25) is 0 Å². The van der Waals surface area contributed by atoms with Crippen LogP contribution in [0, 0.1) is 0 Å². The van der Waals surface area contributed by atoms with Gasteiger partial charge >= 0.3 is 0 Å². The minimum Gasteiger partial charge on any atom is -0.493 e. The molecule has 0 aliphatic rings. The predicted octanol–water partition coefficient (Wildman–Crippen LogP) is 3.52. The van der Waals surface area contributed by atoms with Crippen LogP contribution in [-0.4, -0.2) is 29.9 Å². The van der Waals surface area contributed by atoms with Gasteiger partial charge in [-0.25, -0.2) is 4.68 Å². The molecule has 6 heteroatoms. The monoisotopic (exact) mass is 365 g/mol. The van der Waals surface area contributed by atoms with Gasteiger partial charge in [0.05, 0.1) is 27.0 Å². The van der Waals surface area contributed by atoms with Crippen molar-refractivity contribution in [1.29, 1.82) is 0 Å². The van der Waals surface area contributed by atoms with Gasteiger partial charge in [0, 0.05) is 12.5 Å². The number of aryl methyl sites for hydroxylation is 1. The number of benzene rings is 2. The fraction of sp³-hybridized carbons (Fsp3) is 0.238. The summed E-state index contributed by atoms with van der Waals surface area (Å²) >= 11 is 0. The van der Waals surface area contributed by atoms with Gasteiger partial charge in [-0.05, 0) is 23.6 Å². The van der Waals surface area contributed by atoms with Gasteiger partial charge < -0.3 is 14.8 Å². The molecular weight excluding hydrogens is 342 g/mol. The Hall–Kier alpha value is -3.28. The summed E-state index contributed by atoms with van der Waals surface area (Å²) in [4.78, 5) is 12.4. The molecule has 0 fully saturated rings. The van der Waals surface area contributed by atoms with Gasteiger partial charge in [0.25, 0.3) is 0 Å². The van der Waals surface area contributed by atoms with Crippen molar-refractivity contribution in [2.24, 2.45) is 0 Å². The molecule has 0 aliphatic carbocycles. The highest BCUT2D eigenvalue weighted by Gasteiger charge is 2.12. The Morgan fingerprint density at radius 3 is 2.59 bits per heavy atom. The molecule has 0 saturated heterocycles. The maximum Gasteiger partial charge on any atom is 0.225 e. The summed E-state index contributed by atoms with van der Waals surface area (Å²) in [6, 6.07) is 17.5. The zero-order chi connectivity index (χ0) is 19.1. The molecule has 0 spiro atoms. The van der Waals surface area contributed by atoms with Crippen LogP contribution in [0.25, 0.3) is 0 Å². The first kappa shape index (κ1) is 18.5. The SMILES string of the molecule is COc1cccc(CCC(=O)Nc2ccnn2Cc2ccccc2)c1OC. The lowest BCUT2D eigenvalue weighted by Crippen LogP contribution is -2.16. The van der Waals surface area contributed by atoms with Gasteiger partial charge in [0.2, 0.25) is 5.91 Å². The normalized spacial score (nSPS) is 10.4. The number of ether oxygens (including phenoxy) is 2. The summed E-state index contributed by atoms with van der Waals surface area (Å²) in [5, 5.41) is 7.23. The lowest BCUT2D eigenvalue weighted by atomic mass is 10.1. The summed E-state index contributed by atoms with van der Waals surface area (Å²) in [6.45, 7) is 0.604. The van der Waals surface area contributed by atoms with Crippen molar-refractivity contribution in [2.75, 3.05) is 19.5 Å². The zero-order valence-corrected chi connectivity index (χ0v) is 15.5. The number of carbonyl (C=O) groups is 1. The van der Waals surface area contributed by atoms with Crippen LogP contribution in [-0.2, 0) is 17.8 Å². The van der Waals surface area contributed by atoms with Crippen molar-refractivity contribution < 1.29 is 14.3 Å². The first-order valence-electron chi connectivity index (χ1n) is 8.76. The average Bonchev–Trinajstić information content (AvgIpc) is 3.13. The fourth-order valence-corrected chi connectivity index (χ4v) is 2.93. The van der Waals surface area contributed by atoms with Crippen molar-refractivity contribution in [3.63, 3.8) is 0 Å². The number of hydrogen-bond acceptors (Lipinski definition) is 4. The van der Waals surface area contributed by atoms with Crippen LogP contribution in [0.5, 0.6) is 11.5 Å². The molecule has 1 heterocycles. The number of amides is 1. The number of para-hydroxylation sites is 1. The molecule has 2 aromatic carbocycles. The number of carbonyl (C=O) groups excluding carboxylic acids is 1. The third-order valence-electron chi connectivity index (χ3n) is 4.27.